The minimum Gasteiger partial charge on any atom is -0.490 e. The lowest BCUT2D eigenvalue weighted by molar-refractivity contribution is 0.294. The Morgan fingerprint density at radius 3 is 3.00 bits per heavy atom. The summed E-state index contributed by atoms with van der Waals surface area (Å²) in [4.78, 5) is 0. The van der Waals surface area contributed by atoms with E-state index in [1.165, 1.54) is 24.0 Å². The van der Waals surface area contributed by atoms with Crippen LogP contribution in [0.1, 0.15) is 43.4 Å². The van der Waals surface area contributed by atoms with Crippen LogP contribution < -0.4 is 14.8 Å². The molecule has 1 aromatic carbocycles. The van der Waals surface area contributed by atoms with Crippen LogP contribution in [0.3, 0.4) is 0 Å². The number of benzene rings is 1. The van der Waals surface area contributed by atoms with Gasteiger partial charge in [-0.1, -0.05) is 22.9 Å². The maximum Gasteiger partial charge on any atom is 0.166 e. The Balaban J connectivity index is 2.11. The van der Waals surface area contributed by atoms with E-state index < -0.39 is 0 Å². The number of halogens is 1. The SMILES string of the molecule is CCNC1CCCc2c(Br)cc3c(c21)OCCCO3. The predicted octanol–water partition coefficient (Wildman–Crippen LogP) is 3.60. The van der Waals surface area contributed by atoms with Gasteiger partial charge >= 0.3 is 0 Å². The van der Waals surface area contributed by atoms with Crippen molar-refractivity contribution >= 4 is 15.9 Å². The third-order valence-corrected chi connectivity index (χ3v) is 4.56. The van der Waals surface area contributed by atoms with Crippen LogP contribution >= 0.6 is 15.9 Å². The Morgan fingerprint density at radius 1 is 1.32 bits per heavy atom. The third-order valence-electron chi connectivity index (χ3n) is 3.85. The van der Waals surface area contributed by atoms with E-state index >= 15 is 0 Å². The quantitative estimate of drug-likeness (QED) is 0.901. The van der Waals surface area contributed by atoms with E-state index in [0.29, 0.717) is 6.04 Å². The van der Waals surface area contributed by atoms with Crippen molar-refractivity contribution in [3.8, 4) is 11.5 Å². The molecule has 1 aliphatic heterocycles. The maximum atomic E-state index is 5.99. The molecular formula is C15H20BrNO2. The van der Waals surface area contributed by atoms with Gasteiger partial charge in [-0.3, -0.25) is 0 Å². The number of hydrogen-bond donors (Lipinski definition) is 1. The highest BCUT2D eigenvalue weighted by molar-refractivity contribution is 9.10. The van der Waals surface area contributed by atoms with Crippen LogP contribution in [0.2, 0.25) is 0 Å². The lowest BCUT2D eigenvalue weighted by atomic mass is 9.86. The second kappa shape index (κ2) is 5.71. The van der Waals surface area contributed by atoms with Crippen molar-refractivity contribution < 1.29 is 9.47 Å². The fourth-order valence-electron chi connectivity index (χ4n) is 3.04. The normalized spacial score (nSPS) is 21.7. The molecular weight excluding hydrogens is 306 g/mol. The van der Waals surface area contributed by atoms with Gasteiger partial charge < -0.3 is 14.8 Å². The van der Waals surface area contributed by atoms with Crippen LogP contribution in [-0.4, -0.2) is 19.8 Å². The molecule has 0 radical (unpaired) electrons. The molecule has 0 fully saturated rings. The lowest BCUT2D eigenvalue weighted by Gasteiger charge is -2.29. The van der Waals surface area contributed by atoms with Crippen LogP contribution in [0.4, 0.5) is 0 Å². The summed E-state index contributed by atoms with van der Waals surface area (Å²) in [5, 5.41) is 3.58. The number of fused-ring (bicyclic) bond motifs is 3. The average molecular weight is 326 g/mol. The first-order valence-corrected chi connectivity index (χ1v) is 7.94. The first-order chi connectivity index (χ1) is 9.31. The van der Waals surface area contributed by atoms with Crippen molar-refractivity contribution in [1.29, 1.82) is 0 Å². The summed E-state index contributed by atoms with van der Waals surface area (Å²) in [7, 11) is 0. The number of ether oxygens (including phenoxy) is 2. The zero-order chi connectivity index (χ0) is 13.2. The van der Waals surface area contributed by atoms with Crippen molar-refractivity contribution in [3.05, 3.63) is 21.7 Å². The van der Waals surface area contributed by atoms with Crippen LogP contribution in [0.5, 0.6) is 11.5 Å². The largest absolute Gasteiger partial charge is 0.490 e. The van der Waals surface area contributed by atoms with Crippen molar-refractivity contribution in [1.82, 2.24) is 5.32 Å². The van der Waals surface area contributed by atoms with E-state index in [1.54, 1.807) is 0 Å². The van der Waals surface area contributed by atoms with Gasteiger partial charge in [-0.2, -0.15) is 0 Å². The molecule has 0 bridgehead atoms. The van der Waals surface area contributed by atoms with E-state index in [1.807, 2.05) is 0 Å². The molecule has 3 nitrogen and oxygen atoms in total. The first-order valence-electron chi connectivity index (χ1n) is 7.15. The molecule has 0 spiro atoms. The molecule has 1 aromatic rings. The van der Waals surface area contributed by atoms with Gasteiger partial charge in [0.2, 0.25) is 0 Å². The maximum absolute atomic E-state index is 5.99. The topological polar surface area (TPSA) is 30.5 Å². The van der Waals surface area contributed by atoms with Crippen molar-refractivity contribution in [3.63, 3.8) is 0 Å². The number of nitrogens with one attached hydrogen (secondary N) is 1. The van der Waals surface area contributed by atoms with E-state index in [2.05, 4.69) is 34.2 Å². The molecule has 0 saturated carbocycles. The summed E-state index contributed by atoms with van der Waals surface area (Å²) >= 11 is 3.70. The molecule has 1 unspecified atom stereocenters. The second-order valence-corrected chi connectivity index (χ2v) is 5.99. The molecule has 0 aromatic heterocycles. The predicted molar refractivity (Wildman–Crippen MR) is 79.1 cm³/mol. The average Bonchev–Trinajstić information content (AvgIpc) is 2.65. The minimum absolute atomic E-state index is 0.390. The molecule has 2 aliphatic rings. The van der Waals surface area contributed by atoms with Gasteiger partial charge in [0.15, 0.2) is 11.5 Å². The zero-order valence-electron chi connectivity index (χ0n) is 11.3. The van der Waals surface area contributed by atoms with E-state index in [9.17, 15) is 0 Å². The van der Waals surface area contributed by atoms with Gasteiger partial charge in [0, 0.05) is 22.5 Å². The van der Waals surface area contributed by atoms with Crippen LogP contribution in [0, 0.1) is 0 Å². The van der Waals surface area contributed by atoms with Gasteiger partial charge in [-0.05, 0) is 37.4 Å². The fourth-order valence-corrected chi connectivity index (χ4v) is 3.66. The standard InChI is InChI=1S/C15H20BrNO2/c1-2-17-12-6-3-5-10-11(16)9-13-15(14(10)12)19-8-4-7-18-13/h9,12,17H,2-8H2,1H3. The molecule has 1 heterocycles. The van der Waals surface area contributed by atoms with E-state index in [4.69, 9.17) is 9.47 Å². The third kappa shape index (κ3) is 2.48. The zero-order valence-corrected chi connectivity index (χ0v) is 12.9. The van der Waals surface area contributed by atoms with Gasteiger partial charge in [0.05, 0.1) is 13.2 Å². The molecule has 1 aliphatic carbocycles. The molecule has 0 saturated heterocycles. The summed E-state index contributed by atoms with van der Waals surface area (Å²) in [5.41, 5.74) is 2.71. The Bertz CT molecular complexity index is 476. The van der Waals surface area contributed by atoms with E-state index in [0.717, 1.165) is 48.6 Å². The highest BCUT2D eigenvalue weighted by Gasteiger charge is 2.29. The number of hydrogen-bond acceptors (Lipinski definition) is 3. The molecule has 1 atom stereocenters. The second-order valence-electron chi connectivity index (χ2n) is 5.13. The van der Waals surface area contributed by atoms with Crippen molar-refractivity contribution in [2.24, 2.45) is 0 Å². The monoisotopic (exact) mass is 325 g/mol. The smallest absolute Gasteiger partial charge is 0.166 e. The van der Waals surface area contributed by atoms with Gasteiger partial charge in [-0.25, -0.2) is 0 Å². The van der Waals surface area contributed by atoms with Crippen molar-refractivity contribution in [2.75, 3.05) is 19.8 Å². The summed E-state index contributed by atoms with van der Waals surface area (Å²) in [6.45, 7) is 4.62. The molecule has 1 N–H and O–H groups in total. The van der Waals surface area contributed by atoms with Crippen LogP contribution in [-0.2, 0) is 6.42 Å². The Labute approximate surface area is 122 Å². The molecule has 3 rings (SSSR count). The van der Waals surface area contributed by atoms with Gasteiger partial charge in [0.1, 0.15) is 0 Å². The molecule has 4 heteroatoms. The van der Waals surface area contributed by atoms with Crippen LogP contribution in [0.25, 0.3) is 0 Å². The highest BCUT2D eigenvalue weighted by atomic mass is 79.9. The first kappa shape index (κ1) is 13.3. The summed E-state index contributed by atoms with van der Waals surface area (Å²) in [6, 6.07) is 2.47. The molecule has 0 amide bonds. The molecule has 104 valence electrons. The van der Waals surface area contributed by atoms with Crippen LogP contribution in [0.15, 0.2) is 10.5 Å². The van der Waals surface area contributed by atoms with Gasteiger partial charge in [0.25, 0.3) is 0 Å². The van der Waals surface area contributed by atoms with Crippen molar-refractivity contribution in [2.45, 2.75) is 38.6 Å². The summed E-state index contributed by atoms with van der Waals surface area (Å²) in [5.74, 6) is 1.87. The Morgan fingerprint density at radius 2 is 2.16 bits per heavy atom. The number of rotatable bonds is 2. The highest BCUT2D eigenvalue weighted by Crippen LogP contribution is 2.46. The van der Waals surface area contributed by atoms with E-state index in [-0.39, 0.29) is 0 Å². The minimum atomic E-state index is 0.390. The summed E-state index contributed by atoms with van der Waals surface area (Å²) < 4.78 is 13.0. The molecule has 19 heavy (non-hydrogen) atoms. The summed E-state index contributed by atoms with van der Waals surface area (Å²) in [6.07, 6.45) is 4.47. The fraction of sp³-hybridized carbons (Fsp3) is 0.600. The lowest BCUT2D eigenvalue weighted by Crippen LogP contribution is -2.26. The Kier molecular flexibility index (Phi) is 3.99. The van der Waals surface area contributed by atoms with Gasteiger partial charge in [-0.15, -0.1) is 0 Å². The Hall–Kier alpha value is -0.740.